The van der Waals surface area contributed by atoms with Gasteiger partial charge in [0.2, 0.25) is 0 Å². The monoisotopic (exact) mass is 239 g/mol. The van der Waals surface area contributed by atoms with Crippen LogP contribution in [0.25, 0.3) is 0 Å². The van der Waals surface area contributed by atoms with Gasteiger partial charge in [-0.1, -0.05) is 6.92 Å². The van der Waals surface area contributed by atoms with Crippen molar-refractivity contribution in [3.63, 3.8) is 0 Å². The van der Waals surface area contributed by atoms with Crippen molar-refractivity contribution in [2.24, 2.45) is 5.92 Å². The lowest BCUT2D eigenvalue weighted by Crippen LogP contribution is -2.36. The highest BCUT2D eigenvalue weighted by Crippen LogP contribution is 2.28. The second-order valence-electron chi connectivity index (χ2n) is 5.18. The van der Waals surface area contributed by atoms with Crippen LogP contribution in [0.15, 0.2) is 23.2 Å². The van der Waals surface area contributed by atoms with Gasteiger partial charge in [0.05, 0.1) is 7.11 Å². The fourth-order valence-electron chi connectivity index (χ4n) is 2.76. The summed E-state index contributed by atoms with van der Waals surface area (Å²) in [5.74, 6) is 1.49. The topological polar surface area (TPSA) is 12.5 Å². The van der Waals surface area contributed by atoms with Crippen LogP contribution < -0.4 is 0 Å². The van der Waals surface area contributed by atoms with Crippen LogP contribution in [0.1, 0.15) is 32.6 Å². The van der Waals surface area contributed by atoms with Crippen LogP contribution in [0.2, 0.25) is 0 Å². The molecule has 1 atom stereocenters. The van der Waals surface area contributed by atoms with E-state index in [1.807, 2.05) is 6.08 Å². The Morgan fingerprint density at radius 1 is 1.53 bits per heavy atom. The van der Waals surface area contributed by atoms with E-state index in [1.165, 1.54) is 12.8 Å². The van der Waals surface area contributed by atoms with Crippen LogP contribution in [-0.4, -0.2) is 31.6 Å². The van der Waals surface area contributed by atoms with Gasteiger partial charge in [-0.15, -0.1) is 0 Å². The first kappa shape index (κ1) is 12.6. The zero-order valence-corrected chi connectivity index (χ0v) is 10.8. The number of nitrogens with zero attached hydrogens (tertiary/aromatic N) is 1. The van der Waals surface area contributed by atoms with Gasteiger partial charge in [0, 0.05) is 25.1 Å². The van der Waals surface area contributed by atoms with E-state index in [4.69, 9.17) is 4.74 Å². The Balaban J connectivity index is 2.03. The number of methoxy groups -OCH3 is 1. The maximum Gasteiger partial charge on any atom is 0.121 e. The Bertz CT molecular complexity index is 335. The normalized spacial score (nSPS) is 27.0. The third-order valence-electron chi connectivity index (χ3n) is 3.66. The molecule has 0 radical (unpaired) electrons. The number of allylic oxidation sites excluding steroid dienone is 2. The number of halogens is 1. The van der Waals surface area contributed by atoms with E-state index in [-0.39, 0.29) is 5.83 Å². The van der Waals surface area contributed by atoms with Crippen molar-refractivity contribution >= 4 is 0 Å². The van der Waals surface area contributed by atoms with E-state index in [0.29, 0.717) is 13.0 Å². The molecule has 0 spiro atoms. The van der Waals surface area contributed by atoms with E-state index in [9.17, 15) is 4.39 Å². The zero-order chi connectivity index (χ0) is 12.3. The summed E-state index contributed by atoms with van der Waals surface area (Å²) >= 11 is 0. The van der Waals surface area contributed by atoms with Crippen LogP contribution in [-0.2, 0) is 4.74 Å². The molecule has 1 aliphatic heterocycles. The second kappa shape index (κ2) is 5.67. The van der Waals surface area contributed by atoms with Gasteiger partial charge >= 0.3 is 0 Å². The predicted molar refractivity (Wildman–Crippen MR) is 67.3 cm³/mol. The molecular weight excluding hydrogens is 217 g/mol. The number of likely N-dealkylation sites (tertiary alicyclic amines) is 1. The minimum Gasteiger partial charge on any atom is -0.497 e. The summed E-state index contributed by atoms with van der Waals surface area (Å²) in [6, 6.07) is 0. The third-order valence-corrected chi connectivity index (χ3v) is 3.66. The Hall–Kier alpha value is -0.830. The molecular formula is C14H22FNO. The average molecular weight is 239 g/mol. The van der Waals surface area contributed by atoms with Crippen LogP contribution in [0.3, 0.4) is 0 Å². The van der Waals surface area contributed by atoms with Crippen LogP contribution in [0.5, 0.6) is 0 Å². The molecule has 0 amide bonds. The third kappa shape index (κ3) is 3.09. The van der Waals surface area contributed by atoms with Gasteiger partial charge < -0.3 is 4.74 Å². The summed E-state index contributed by atoms with van der Waals surface area (Å²) in [6.45, 7) is 5.13. The fourth-order valence-corrected chi connectivity index (χ4v) is 2.76. The van der Waals surface area contributed by atoms with E-state index < -0.39 is 0 Å². The lowest BCUT2D eigenvalue weighted by atomic mass is 9.98. The Morgan fingerprint density at radius 2 is 2.35 bits per heavy atom. The van der Waals surface area contributed by atoms with Crippen molar-refractivity contribution in [1.82, 2.24) is 4.90 Å². The molecule has 0 aromatic heterocycles. The summed E-state index contributed by atoms with van der Waals surface area (Å²) in [5, 5.41) is 0. The highest BCUT2D eigenvalue weighted by Gasteiger charge is 2.22. The lowest BCUT2D eigenvalue weighted by molar-refractivity contribution is 0.189. The van der Waals surface area contributed by atoms with E-state index in [1.54, 1.807) is 7.11 Å². The quantitative estimate of drug-likeness (QED) is 0.749. The van der Waals surface area contributed by atoms with E-state index in [2.05, 4.69) is 11.8 Å². The highest BCUT2D eigenvalue weighted by molar-refractivity contribution is 5.33. The van der Waals surface area contributed by atoms with Crippen LogP contribution in [0, 0.1) is 5.92 Å². The van der Waals surface area contributed by atoms with Gasteiger partial charge in [-0.3, -0.25) is 4.90 Å². The molecule has 1 heterocycles. The maximum atomic E-state index is 13.9. The lowest BCUT2D eigenvalue weighted by Gasteiger charge is -2.32. The van der Waals surface area contributed by atoms with Crippen molar-refractivity contribution < 1.29 is 9.13 Å². The molecule has 1 saturated heterocycles. The molecule has 0 N–H and O–H groups in total. The Kier molecular flexibility index (Phi) is 4.21. The van der Waals surface area contributed by atoms with Gasteiger partial charge in [-0.25, -0.2) is 4.39 Å². The molecule has 0 aromatic carbocycles. The number of hydrogen-bond donors (Lipinski definition) is 0. The van der Waals surface area contributed by atoms with Gasteiger partial charge in [0.25, 0.3) is 0 Å². The SMILES string of the molecule is COC1=CCCC(F)=C1CN1CCC[C@@H](C)C1. The molecule has 2 aliphatic rings. The van der Waals surface area contributed by atoms with E-state index in [0.717, 1.165) is 36.8 Å². The number of piperidine rings is 1. The van der Waals surface area contributed by atoms with Gasteiger partial charge in [-0.2, -0.15) is 0 Å². The smallest absolute Gasteiger partial charge is 0.121 e. The number of rotatable bonds is 3. The van der Waals surface area contributed by atoms with Crippen LogP contribution >= 0.6 is 0 Å². The molecule has 2 rings (SSSR count). The maximum absolute atomic E-state index is 13.9. The molecule has 0 bridgehead atoms. The van der Waals surface area contributed by atoms with Gasteiger partial charge in [0.1, 0.15) is 11.6 Å². The first-order valence-electron chi connectivity index (χ1n) is 6.55. The standard InChI is InChI=1S/C14H22FNO/c1-11-5-4-8-16(9-11)10-12-13(15)6-3-7-14(12)17-2/h7,11H,3-6,8-10H2,1-2H3/t11-/m1/s1. The van der Waals surface area contributed by atoms with Gasteiger partial charge in [-0.05, 0) is 37.8 Å². The Morgan fingerprint density at radius 3 is 3.06 bits per heavy atom. The highest BCUT2D eigenvalue weighted by atomic mass is 19.1. The van der Waals surface area contributed by atoms with Crippen molar-refractivity contribution in [3.8, 4) is 0 Å². The Labute approximate surface area is 103 Å². The molecule has 0 aromatic rings. The molecule has 1 aliphatic carbocycles. The minimum atomic E-state index is 0.0163. The first-order chi connectivity index (χ1) is 8.20. The molecule has 0 saturated carbocycles. The predicted octanol–water partition coefficient (Wildman–Crippen LogP) is 3.27. The van der Waals surface area contributed by atoms with Gasteiger partial charge in [0.15, 0.2) is 0 Å². The summed E-state index contributed by atoms with van der Waals surface area (Å²) in [6.07, 6.45) is 5.82. The van der Waals surface area contributed by atoms with Crippen molar-refractivity contribution in [2.75, 3.05) is 26.7 Å². The van der Waals surface area contributed by atoms with Crippen molar-refractivity contribution in [2.45, 2.75) is 32.6 Å². The molecule has 3 heteroatoms. The summed E-state index contributed by atoms with van der Waals surface area (Å²) in [5.41, 5.74) is 0.771. The number of ether oxygens (including phenoxy) is 1. The second-order valence-corrected chi connectivity index (χ2v) is 5.18. The molecule has 0 unspecified atom stereocenters. The zero-order valence-electron chi connectivity index (χ0n) is 10.8. The molecule has 2 nitrogen and oxygen atoms in total. The largest absolute Gasteiger partial charge is 0.497 e. The van der Waals surface area contributed by atoms with Crippen molar-refractivity contribution in [1.29, 1.82) is 0 Å². The molecule has 17 heavy (non-hydrogen) atoms. The molecule has 96 valence electrons. The summed E-state index contributed by atoms with van der Waals surface area (Å²) in [4.78, 5) is 2.35. The van der Waals surface area contributed by atoms with Crippen molar-refractivity contribution in [3.05, 3.63) is 23.2 Å². The first-order valence-corrected chi connectivity index (χ1v) is 6.55. The van der Waals surface area contributed by atoms with E-state index >= 15 is 0 Å². The minimum absolute atomic E-state index is 0.0163. The number of hydrogen-bond acceptors (Lipinski definition) is 2. The average Bonchev–Trinajstić information content (AvgIpc) is 2.32. The molecule has 1 fully saturated rings. The van der Waals surface area contributed by atoms with Crippen LogP contribution in [0.4, 0.5) is 4.39 Å². The summed E-state index contributed by atoms with van der Waals surface area (Å²) in [7, 11) is 1.63. The fraction of sp³-hybridized carbons (Fsp3) is 0.714. The summed E-state index contributed by atoms with van der Waals surface area (Å²) < 4.78 is 19.1.